The number of nitrogens with zero attached hydrogens (tertiary/aromatic N) is 1. The van der Waals surface area contributed by atoms with E-state index in [4.69, 9.17) is 14.2 Å². The molecule has 2 aliphatic heterocycles. The zero-order chi connectivity index (χ0) is 19.4. The third-order valence-corrected chi connectivity index (χ3v) is 4.95. The van der Waals surface area contributed by atoms with E-state index in [1.807, 2.05) is 26.0 Å². The van der Waals surface area contributed by atoms with E-state index < -0.39 is 0 Å². The summed E-state index contributed by atoms with van der Waals surface area (Å²) in [5, 5.41) is 3.00. The Balaban J connectivity index is 1.64. The standard InChI is InChI=1S/C20H28N2O5/c1-4-25-18-11-15-10-13(3)27-17(15)12-16(18)21-19(23)14-6-8-22(9-7-14)20(24)26-5-2/h11-14H,4-10H2,1-3H3,(H,21,23)/t13-/m0/s1. The Hall–Kier alpha value is -2.44. The van der Waals surface area contributed by atoms with Crippen LogP contribution in [0, 0.1) is 5.92 Å². The molecule has 27 heavy (non-hydrogen) atoms. The number of likely N-dealkylation sites (tertiary alicyclic amines) is 1. The molecule has 0 spiro atoms. The van der Waals surface area contributed by atoms with Gasteiger partial charge in [0.25, 0.3) is 0 Å². The Kier molecular flexibility index (Phi) is 6.08. The van der Waals surface area contributed by atoms with Gasteiger partial charge in [-0.25, -0.2) is 4.79 Å². The highest BCUT2D eigenvalue weighted by atomic mass is 16.6. The van der Waals surface area contributed by atoms with Gasteiger partial charge in [-0.05, 0) is 39.7 Å². The van der Waals surface area contributed by atoms with Gasteiger partial charge in [-0.1, -0.05) is 0 Å². The third kappa shape index (κ3) is 4.46. The minimum Gasteiger partial charge on any atom is -0.492 e. The van der Waals surface area contributed by atoms with Crippen LogP contribution in [0.15, 0.2) is 12.1 Å². The summed E-state index contributed by atoms with van der Waals surface area (Å²) in [4.78, 5) is 26.2. The van der Waals surface area contributed by atoms with E-state index in [9.17, 15) is 9.59 Å². The second-order valence-corrected chi connectivity index (χ2v) is 6.97. The summed E-state index contributed by atoms with van der Waals surface area (Å²) in [7, 11) is 0. The zero-order valence-electron chi connectivity index (χ0n) is 16.2. The molecule has 7 heteroatoms. The van der Waals surface area contributed by atoms with Crippen LogP contribution in [0.5, 0.6) is 11.5 Å². The molecule has 0 saturated carbocycles. The van der Waals surface area contributed by atoms with Crippen molar-refractivity contribution in [3.8, 4) is 11.5 Å². The molecule has 0 radical (unpaired) electrons. The lowest BCUT2D eigenvalue weighted by atomic mass is 9.96. The highest BCUT2D eigenvalue weighted by molar-refractivity contribution is 5.94. The van der Waals surface area contributed by atoms with Crippen LogP contribution in [-0.4, -0.2) is 49.3 Å². The molecular weight excluding hydrogens is 348 g/mol. The minimum absolute atomic E-state index is 0.0505. The summed E-state index contributed by atoms with van der Waals surface area (Å²) in [6, 6.07) is 3.82. The van der Waals surface area contributed by atoms with Crippen molar-refractivity contribution in [2.24, 2.45) is 5.92 Å². The number of anilines is 1. The number of carbonyl (C=O) groups is 2. The van der Waals surface area contributed by atoms with Crippen molar-refractivity contribution in [3.63, 3.8) is 0 Å². The van der Waals surface area contributed by atoms with Crippen LogP contribution >= 0.6 is 0 Å². The molecule has 3 rings (SSSR count). The maximum Gasteiger partial charge on any atom is 0.409 e. The number of benzene rings is 1. The number of nitrogens with one attached hydrogen (secondary N) is 1. The van der Waals surface area contributed by atoms with E-state index in [0.717, 1.165) is 17.7 Å². The molecule has 0 aromatic heterocycles. The van der Waals surface area contributed by atoms with E-state index in [-0.39, 0.29) is 24.0 Å². The summed E-state index contributed by atoms with van der Waals surface area (Å²) in [6.45, 7) is 7.67. The number of carbonyl (C=O) groups excluding carboxylic acids is 2. The Labute approximate surface area is 160 Å². The molecule has 0 bridgehead atoms. The lowest BCUT2D eigenvalue weighted by Crippen LogP contribution is -2.41. The maximum atomic E-state index is 12.7. The average molecular weight is 376 g/mol. The number of hydrogen-bond donors (Lipinski definition) is 1. The van der Waals surface area contributed by atoms with Gasteiger partial charge in [0.05, 0.1) is 18.9 Å². The van der Waals surface area contributed by atoms with E-state index in [1.54, 1.807) is 11.8 Å². The quantitative estimate of drug-likeness (QED) is 0.854. The van der Waals surface area contributed by atoms with Gasteiger partial charge < -0.3 is 24.4 Å². The van der Waals surface area contributed by atoms with Crippen LogP contribution in [0.2, 0.25) is 0 Å². The van der Waals surface area contributed by atoms with Gasteiger partial charge >= 0.3 is 6.09 Å². The van der Waals surface area contributed by atoms with Gasteiger partial charge in [-0.2, -0.15) is 0 Å². The molecule has 1 saturated heterocycles. The molecule has 2 heterocycles. The Morgan fingerprint density at radius 1 is 1.22 bits per heavy atom. The molecule has 148 valence electrons. The van der Waals surface area contributed by atoms with Crippen molar-refractivity contribution in [2.45, 2.75) is 46.1 Å². The lowest BCUT2D eigenvalue weighted by Gasteiger charge is -2.30. The zero-order valence-corrected chi connectivity index (χ0v) is 16.2. The van der Waals surface area contributed by atoms with E-state index in [0.29, 0.717) is 50.6 Å². The van der Waals surface area contributed by atoms with Crippen LogP contribution < -0.4 is 14.8 Å². The van der Waals surface area contributed by atoms with E-state index >= 15 is 0 Å². The van der Waals surface area contributed by atoms with Crippen molar-refractivity contribution in [1.29, 1.82) is 0 Å². The predicted octanol–water partition coefficient (Wildman–Crippen LogP) is 3.22. The maximum absolute atomic E-state index is 12.7. The monoisotopic (exact) mass is 376 g/mol. The molecule has 0 aliphatic carbocycles. The van der Waals surface area contributed by atoms with Crippen molar-refractivity contribution >= 4 is 17.7 Å². The van der Waals surface area contributed by atoms with Crippen LogP contribution in [0.25, 0.3) is 0 Å². The fraction of sp³-hybridized carbons (Fsp3) is 0.600. The number of hydrogen-bond acceptors (Lipinski definition) is 5. The van der Waals surface area contributed by atoms with Crippen LogP contribution in [-0.2, 0) is 16.0 Å². The average Bonchev–Trinajstić information content (AvgIpc) is 3.01. The first kappa shape index (κ1) is 19.3. The second-order valence-electron chi connectivity index (χ2n) is 6.97. The van der Waals surface area contributed by atoms with Crippen LogP contribution in [0.4, 0.5) is 10.5 Å². The van der Waals surface area contributed by atoms with Crippen LogP contribution in [0.1, 0.15) is 39.2 Å². The van der Waals surface area contributed by atoms with E-state index in [1.165, 1.54) is 0 Å². The number of ether oxygens (including phenoxy) is 3. The Morgan fingerprint density at radius 3 is 2.63 bits per heavy atom. The lowest BCUT2D eigenvalue weighted by molar-refractivity contribution is -0.121. The number of amides is 2. The van der Waals surface area contributed by atoms with Gasteiger partial charge in [-0.3, -0.25) is 4.79 Å². The predicted molar refractivity (Wildman–Crippen MR) is 101 cm³/mol. The molecule has 1 aromatic rings. The highest BCUT2D eigenvalue weighted by Crippen LogP contribution is 2.38. The van der Waals surface area contributed by atoms with Crippen molar-refractivity contribution < 1.29 is 23.8 Å². The molecule has 2 amide bonds. The summed E-state index contributed by atoms with van der Waals surface area (Å²) in [5.41, 5.74) is 1.74. The molecule has 2 aliphatic rings. The molecular formula is C20H28N2O5. The van der Waals surface area contributed by atoms with Gasteiger partial charge in [0, 0.05) is 37.1 Å². The van der Waals surface area contributed by atoms with Crippen molar-refractivity contribution in [2.75, 3.05) is 31.6 Å². The summed E-state index contributed by atoms with van der Waals surface area (Å²) in [5.74, 6) is 1.29. The SMILES string of the molecule is CCOC(=O)N1CCC(C(=O)Nc2cc3c(cc2OCC)C[C@H](C)O3)CC1. The fourth-order valence-corrected chi connectivity index (χ4v) is 3.59. The first-order valence-corrected chi connectivity index (χ1v) is 9.70. The molecule has 1 fully saturated rings. The molecule has 0 unspecified atom stereocenters. The first-order valence-electron chi connectivity index (χ1n) is 9.70. The topological polar surface area (TPSA) is 77.1 Å². The second kappa shape index (κ2) is 8.50. The van der Waals surface area contributed by atoms with Gasteiger partial charge in [-0.15, -0.1) is 0 Å². The molecule has 1 atom stereocenters. The van der Waals surface area contributed by atoms with Gasteiger partial charge in [0.15, 0.2) is 0 Å². The number of rotatable bonds is 5. The number of piperidine rings is 1. The molecule has 7 nitrogen and oxygen atoms in total. The van der Waals surface area contributed by atoms with Crippen LogP contribution in [0.3, 0.4) is 0 Å². The number of fused-ring (bicyclic) bond motifs is 1. The highest BCUT2D eigenvalue weighted by Gasteiger charge is 2.29. The minimum atomic E-state index is -0.306. The largest absolute Gasteiger partial charge is 0.492 e. The van der Waals surface area contributed by atoms with E-state index in [2.05, 4.69) is 5.32 Å². The Morgan fingerprint density at radius 2 is 1.96 bits per heavy atom. The summed E-state index contributed by atoms with van der Waals surface area (Å²) < 4.78 is 16.6. The van der Waals surface area contributed by atoms with Gasteiger partial charge in [0.1, 0.15) is 17.6 Å². The van der Waals surface area contributed by atoms with Crippen molar-refractivity contribution in [1.82, 2.24) is 4.90 Å². The summed E-state index contributed by atoms with van der Waals surface area (Å²) >= 11 is 0. The smallest absolute Gasteiger partial charge is 0.409 e. The molecule has 1 aromatic carbocycles. The Bertz CT molecular complexity index is 698. The fourth-order valence-electron chi connectivity index (χ4n) is 3.59. The first-order chi connectivity index (χ1) is 13.0. The normalized spacial score (nSPS) is 19.2. The van der Waals surface area contributed by atoms with Crippen molar-refractivity contribution in [3.05, 3.63) is 17.7 Å². The summed E-state index contributed by atoms with van der Waals surface area (Å²) in [6.07, 6.45) is 1.91. The third-order valence-electron chi connectivity index (χ3n) is 4.95. The van der Waals surface area contributed by atoms with Gasteiger partial charge in [0.2, 0.25) is 5.91 Å². The molecule has 1 N–H and O–H groups in total.